The first-order valence-corrected chi connectivity index (χ1v) is 8.56. The van der Waals surface area contributed by atoms with Crippen molar-refractivity contribution in [1.29, 1.82) is 0 Å². The largest absolute Gasteiger partial charge is 0.364 e. The van der Waals surface area contributed by atoms with Gasteiger partial charge in [-0.15, -0.1) is 5.10 Å². The third kappa shape index (κ3) is 2.90. The van der Waals surface area contributed by atoms with Gasteiger partial charge in [0.1, 0.15) is 5.82 Å². The molecular formula is C18H12BrF3N4. The molecule has 0 aliphatic carbocycles. The van der Waals surface area contributed by atoms with Crippen molar-refractivity contribution >= 4 is 38.2 Å². The Hall–Kier alpha value is -2.61. The highest BCUT2D eigenvalue weighted by atomic mass is 79.9. The smallest absolute Gasteiger partial charge is 0.266 e. The Labute approximate surface area is 154 Å². The van der Waals surface area contributed by atoms with Crippen LogP contribution >= 0.6 is 15.9 Å². The maximum Gasteiger partial charge on any atom is 0.266 e. The number of halogens is 4. The topological polar surface area (TPSA) is 42.2 Å². The molecule has 132 valence electrons. The quantitative estimate of drug-likeness (QED) is 0.484. The van der Waals surface area contributed by atoms with Gasteiger partial charge in [-0.05, 0) is 18.2 Å². The van der Waals surface area contributed by atoms with Crippen LogP contribution in [0.15, 0.2) is 53.3 Å². The summed E-state index contributed by atoms with van der Waals surface area (Å²) in [5, 5.41) is 9.17. The molecule has 8 heteroatoms. The number of imidazole rings is 1. The average molecular weight is 421 g/mol. The highest BCUT2D eigenvalue weighted by Crippen LogP contribution is 2.29. The van der Waals surface area contributed by atoms with Crippen molar-refractivity contribution in [3.05, 3.63) is 70.2 Å². The van der Waals surface area contributed by atoms with Crippen molar-refractivity contribution < 1.29 is 13.2 Å². The van der Waals surface area contributed by atoms with Crippen LogP contribution in [0.3, 0.4) is 0 Å². The van der Waals surface area contributed by atoms with E-state index in [0.29, 0.717) is 11.5 Å². The molecule has 4 nitrogen and oxygen atoms in total. The van der Waals surface area contributed by atoms with Gasteiger partial charge >= 0.3 is 0 Å². The summed E-state index contributed by atoms with van der Waals surface area (Å²) in [6.07, 6.45) is 0.491. The number of fused-ring (bicyclic) bond motifs is 3. The Kier molecular flexibility index (Phi) is 4.28. The normalized spacial score (nSPS) is 11.6. The van der Waals surface area contributed by atoms with Gasteiger partial charge in [0.05, 0.1) is 5.56 Å². The number of anilines is 1. The summed E-state index contributed by atoms with van der Waals surface area (Å²) in [5.41, 5.74) is 0.245. The molecule has 0 radical (unpaired) electrons. The first-order chi connectivity index (χ1) is 12.5. The number of alkyl halides is 2. The maximum atomic E-state index is 14.2. The van der Waals surface area contributed by atoms with E-state index in [1.165, 1.54) is 12.1 Å². The van der Waals surface area contributed by atoms with Crippen molar-refractivity contribution in [1.82, 2.24) is 14.6 Å². The molecule has 0 saturated heterocycles. The van der Waals surface area contributed by atoms with Crippen molar-refractivity contribution in [2.24, 2.45) is 0 Å². The van der Waals surface area contributed by atoms with E-state index in [2.05, 4.69) is 31.3 Å². The van der Waals surface area contributed by atoms with Gasteiger partial charge in [-0.25, -0.2) is 22.7 Å². The second kappa shape index (κ2) is 6.60. The Bertz CT molecular complexity index is 1110. The Balaban J connectivity index is 1.75. The van der Waals surface area contributed by atoms with Crippen LogP contribution in [0, 0.1) is 5.82 Å². The van der Waals surface area contributed by atoms with Gasteiger partial charge in [0.15, 0.2) is 11.5 Å². The summed E-state index contributed by atoms with van der Waals surface area (Å²) >= 11 is 3.44. The Morgan fingerprint density at radius 3 is 2.81 bits per heavy atom. The van der Waals surface area contributed by atoms with E-state index in [9.17, 15) is 13.2 Å². The van der Waals surface area contributed by atoms with Crippen LogP contribution in [0.2, 0.25) is 0 Å². The number of hydrogen-bond acceptors (Lipinski definition) is 3. The fraction of sp³-hybridized carbons (Fsp3) is 0.111. The van der Waals surface area contributed by atoms with E-state index in [1.54, 1.807) is 16.9 Å². The van der Waals surface area contributed by atoms with Gasteiger partial charge in [0, 0.05) is 39.7 Å². The summed E-state index contributed by atoms with van der Waals surface area (Å²) in [4.78, 5) is 4.30. The minimum atomic E-state index is -2.85. The zero-order valence-corrected chi connectivity index (χ0v) is 14.8. The lowest BCUT2D eigenvalue weighted by Gasteiger charge is -2.12. The number of benzene rings is 2. The standard InChI is InChI=1S/C18H12BrF3N4/c19-11-4-5-12-14(8-11)18-23-6-7-26(18)25-17(12)24-9-10-2-1-3-13(15(10)20)16(21)22/h1-8,16H,9H2,(H,24,25). The molecule has 4 aromatic rings. The van der Waals surface area contributed by atoms with Gasteiger partial charge in [0.25, 0.3) is 6.43 Å². The van der Waals surface area contributed by atoms with Crippen molar-refractivity contribution in [3.63, 3.8) is 0 Å². The molecule has 4 rings (SSSR count). The summed E-state index contributed by atoms with van der Waals surface area (Å²) in [5.74, 6) is -0.384. The van der Waals surface area contributed by atoms with E-state index in [4.69, 9.17) is 0 Å². The lowest BCUT2D eigenvalue weighted by Crippen LogP contribution is -2.08. The van der Waals surface area contributed by atoms with Crippen molar-refractivity contribution in [3.8, 4) is 0 Å². The average Bonchev–Trinajstić information content (AvgIpc) is 3.09. The molecular weight excluding hydrogens is 409 g/mol. The van der Waals surface area contributed by atoms with E-state index in [0.717, 1.165) is 21.3 Å². The van der Waals surface area contributed by atoms with Crippen LogP contribution in [0.5, 0.6) is 0 Å². The van der Waals surface area contributed by atoms with Crippen molar-refractivity contribution in [2.45, 2.75) is 13.0 Å². The fourth-order valence-corrected chi connectivity index (χ4v) is 3.22. The predicted octanol–water partition coefficient (Wildman–Crippen LogP) is 5.33. The van der Waals surface area contributed by atoms with Crippen LogP contribution < -0.4 is 5.32 Å². The minimum absolute atomic E-state index is 0.0325. The second-order valence-electron chi connectivity index (χ2n) is 5.71. The number of aromatic nitrogens is 3. The monoisotopic (exact) mass is 420 g/mol. The zero-order valence-electron chi connectivity index (χ0n) is 13.3. The van der Waals surface area contributed by atoms with Crippen LogP contribution in [0.1, 0.15) is 17.6 Å². The fourth-order valence-electron chi connectivity index (χ4n) is 2.85. The summed E-state index contributed by atoms with van der Waals surface area (Å²) in [7, 11) is 0. The van der Waals surface area contributed by atoms with Crippen LogP contribution in [0.25, 0.3) is 16.4 Å². The molecule has 0 aliphatic heterocycles. The van der Waals surface area contributed by atoms with Gasteiger partial charge in [-0.2, -0.15) is 0 Å². The van der Waals surface area contributed by atoms with Gasteiger partial charge in [0.2, 0.25) is 0 Å². The van der Waals surface area contributed by atoms with Crippen molar-refractivity contribution in [2.75, 3.05) is 5.32 Å². The number of nitrogens with one attached hydrogen (secondary N) is 1. The number of rotatable bonds is 4. The third-order valence-electron chi connectivity index (χ3n) is 4.10. The van der Waals surface area contributed by atoms with E-state index < -0.39 is 17.8 Å². The minimum Gasteiger partial charge on any atom is -0.364 e. The molecule has 2 aromatic heterocycles. The Morgan fingerprint density at radius 1 is 1.15 bits per heavy atom. The van der Waals surface area contributed by atoms with Crippen LogP contribution in [-0.2, 0) is 6.54 Å². The van der Waals surface area contributed by atoms with Gasteiger partial charge < -0.3 is 5.32 Å². The molecule has 0 unspecified atom stereocenters. The summed E-state index contributed by atoms with van der Waals surface area (Å²) in [6.45, 7) is 0.0325. The molecule has 2 heterocycles. The summed E-state index contributed by atoms with van der Waals surface area (Å²) in [6, 6.07) is 9.64. The maximum absolute atomic E-state index is 14.2. The lowest BCUT2D eigenvalue weighted by molar-refractivity contribution is 0.146. The summed E-state index contributed by atoms with van der Waals surface area (Å²) < 4.78 is 42.5. The lowest BCUT2D eigenvalue weighted by atomic mass is 10.1. The molecule has 0 amide bonds. The highest BCUT2D eigenvalue weighted by molar-refractivity contribution is 9.10. The SMILES string of the molecule is Fc1c(CNc2nn3ccnc3c3cc(Br)ccc23)cccc1C(F)F. The predicted molar refractivity (Wildman–Crippen MR) is 96.9 cm³/mol. The number of hydrogen-bond donors (Lipinski definition) is 1. The van der Waals surface area contributed by atoms with Crippen LogP contribution in [-0.4, -0.2) is 14.6 Å². The molecule has 0 aliphatic rings. The van der Waals surface area contributed by atoms with Crippen LogP contribution in [0.4, 0.5) is 19.0 Å². The first-order valence-electron chi connectivity index (χ1n) is 7.76. The first kappa shape index (κ1) is 16.8. The molecule has 0 atom stereocenters. The van der Waals surface area contributed by atoms with Gasteiger partial charge in [-0.1, -0.05) is 34.1 Å². The van der Waals surface area contributed by atoms with E-state index in [-0.39, 0.29) is 12.1 Å². The zero-order chi connectivity index (χ0) is 18.3. The second-order valence-corrected chi connectivity index (χ2v) is 6.62. The highest BCUT2D eigenvalue weighted by Gasteiger charge is 2.16. The molecule has 0 fully saturated rings. The van der Waals surface area contributed by atoms with E-state index in [1.807, 2.05) is 18.2 Å². The molecule has 0 bridgehead atoms. The Morgan fingerprint density at radius 2 is 2.00 bits per heavy atom. The van der Waals surface area contributed by atoms with Gasteiger partial charge in [-0.3, -0.25) is 0 Å². The number of nitrogens with zero attached hydrogens (tertiary/aromatic N) is 3. The molecule has 26 heavy (non-hydrogen) atoms. The molecule has 0 spiro atoms. The molecule has 0 saturated carbocycles. The molecule has 2 aromatic carbocycles. The third-order valence-corrected chi connectivity index (χ3v) is 4.59. The molecule has 1 N–H and O–H groups in total. The van der Waals surface area contributed by atoms with E-state index >= 15 is 0 Å².